The summed E-state index contributed by atoms with van der Waals surface area (Å²) in [7, 11) is 0. The van der Waals surface area contributed by atoms with Crippen molar-refractivity contribution in [1.29, 1.82) is 0 Å². The van der Waals surface area contributed by atoms with E-state index >= 15 is 0 Å². The Balaban J connectivity index is 1.87. The lowest BCUT2D eigenvalue weighted by molar-refractivity contribution is -0.123. The minimum absolute atomic E-state index is 0.0702. The summed E-state index contributed by atoms with van der Waals surface area (Å²) in [5.41, 5.74) is 4.14. The second-order valence-electron chi connectivity index (χ2n) is 4.34. The largest absolute Gasteiger partial charge is 0.484 e. The van der Waals surface area contributed by atoms with E-state index < -0.39 is 0 Å². The fourth-order valence-electron chi connectivity index (χ4n) is 1.62. The van der Waals surface area contributed by atoms with Crippen molar-refractivity contribution in [3.63, 3.8) is 0 Å². The first kappa shape index (κ1) is 15.3. The van der Waals surface area contributed by atoms with Crippen LogP contribution in [0.15, 0.2) is 64.2 Å². The molecule has 1 amide bonds. The summed E-state index contributed by atoms with van der Waals surface area (Å²) in [6.07, 6.45) is 0. The molecule has 2 rings (SSSR count). The lowest BCUT2D eigenvalue weighted by atomic mass is 10.1. The van der Waals surface area contributed by atoms with E-state index in [9.17, 15) is 4.79 Å². The molecule has 2 aromatic carbocycles. The van der Waals surface area contributed by atoms with E-state index in [1.54, 1.807) is 12.1 Å². The maximum Gasteiger partial charge on any atom is 0.277 e. The van der Waals surface area contributed by atoms with Gasteiger partial charge >= 0.3 is 0 Å². The number of carbonyl (C=O) groups is 1. The third kappa shape index (κ3) is 5.04. The number of amides is 1. The molecule has 0 saturated heterocycles. The van der Waals surface area contributed by atoms with Gasteiger partial charge in [-0.25, -0.2) is 5.43 Å². The van der Waals surface area contributed by atoms with E-state index in [2.05, 4.69) is 26.5 Å². The van der Waals surface area contributed by atoms with Gasteiger partial charge in [-0.05, 0) is 36.8 Å². The van der Waals surface area contributed by atoms with Gasteiger partial charge in [0.1, 0.15) is 5.75 Å². The van der Waals surface area contributed by atoms with Crippen molar-refractivity contribution in [3.8, 4) is 5.75 Å². The van der Waals surface area contributed by atoms with Gasteiger partial charge in [0.15, 0.2) is 6.61 Å². The molecule has 0 atom stereocenters. The molecule has 0 unspecified atom stereocenters. The summed E-state index contributed by atoms with van der Waals surface area (Å²) in [6, 6.07) is 16.9. The number of carbonyl (C=O) groups excluding carboxylic acids is 1. The highest BCUT2D eigenvalue weighted by Gasteiger charge is 2.03. The molecule has 0 aliphatic heterocycles. The Hall–Kier alpha value is -2.14. The summed E-state index contributed by atoms with van der Waals surface area (Å²) < 4.78 is 6.30. The van der Waals surface area contributed by atoms with Gasteiger partial charge in [-0.3, -0.25) is 4.79 Å². The first-order valence-corrected chi connectivity index (χ1v) is 7.21. The zero-order valence-corrected chi connectivity index (χ0v) is 13.1. The second kappa shape index (κ2) is 7.59. The number of ether oxygens (including phenoxy) is 1. The minimum atomic E-state index is -0.298. The average Bonchev–Trinajstić information content (AvgIpc) is 2.51. The standard InChI is InChI=1S/C16H15BrN2O2/c1-12(13-6-5-7-14(17)10-13)18-19-16(20)11-21-15-8-3-2-4-9-15/h2-10H,11H2,1H3,(H,19,20)/b18-12-. The molecule has 0 fully saturated rings. The number of rotatable bonds is 5. The van der Waals surface area contributed by atoms with Crippen molar-refractivity contribution in [1.82, 2.24) is 5.43 Å². The van der Waals surface area contributed by atoms with Crippen LogP contribution >= 0.6 is 15.9 Å². The van der Waals surface area contributed by atoms with Crippen molar-refractivity contribution in [2.45, 2.75) is 6.92 Å². The van der Waals surface area contributed by atoms with Gasteiger partial charge in [0.25, 0.3) is 5.91 Å². The smallest absolute Gasteiger partial charge is 0.277 e. The van der Waals surface area contributed by atoms with Crippen LogP contribution in [0, 0.1) is 0 Å². The predicted octanol–water partition coefficient (Wildman–Crippen LogP) is 3.37. The molecular weight excluding hydrogens is 332 g/mol. The van der Waals surface area contributed by atoms with Gasteiger partial charge in [0.2, 0.25) is 0 Å². The highest BCUT2D eigenvalue weighted by atomic mass is 79.9. The molecule has 4 nitrogen and oxygen atoms in total. The number of hydrazone groups is 1. The van der Waals surface area contributed by atoms with E-state index in [1.165, 1.54) is 0 Å². The molecule has 108 valence electrons. The normalized spacial score (nSPS) is 11.0. The van der Waals surface area contributed by atoms with Gasteiger partial charge in [-0.15, -0.1) is 0 Å². The van der Waals surface area contributed by atoms with E-state index in [0.29, 0.717) is 5.75 Å². The molecule has 0 aromatic heterocycles. The SMILES string of the molecule is C/C(=N/NC(=O)COc1ccccc1)c1cccc(Br)c1. The summed E-state index contributed by atoms with van der Waals surface area (Å²) in [4.78, 5) is 11.7. The highest BCUT2D eigenvalue weighted by molar-refractivity contribution is 9.10. The number of hydrogen-bond acceptors (Lipinski definition) is 3. The van der Waals surface area contributed by atoms with E-state index in [4.69, 9.17) is 4.74 Å². The molecule has 0 spiro atoms. The number of benzene rings is 2. The molecule has 2 aromatic rings. The fourth-order valence-corrected chi connectivity index (χ4v) is 2.02. The molecule has 0 bridgehead atoms. The van der Waals surface area contributed by atoms with Crippen LogP contribution in [0.1, 0.15) is 12.5 Å². The van der Waals surface area contributed by atoms with Crippen LogP contribution in [0.2, 0.25) is 0 Å². The number of para-hydroxylation sites is 1. The summed E-state index contributed by atoms with van der Waals surface area (Å²) >= 11 is 3.40. The summed E-state index contributed by atoms with van der Waals surface area (Å²) in [5.74, 6) is 0.355. The number of nitrogens with zero attached hydrogens (tertiary/aromatic N) is 1. The fraction of sp³-hybridized carbons (Fsp3) is 0.125. The average molecular weight is 347 g/mol. The van der Waals surface area contributed by atoms with Gasteiger partial charge < -0.3 is 4.74 Å². The Labute approximate surface area is 132 Å². The van der Waals surface area contributed by atoms with Gasteiger partial charge in [-0.2, -0.15) is 5.10 Å². The zero-order valence-electron chi connectivity index (χ0n) is 11.5. The molecule has 1 N–H and O–H groups in total. The van der Waals surface area contributed by atoms with Crippen LogP contribution in [0.4, 0.5) is 0 Å². The lowest BCUT2D eigenvalue weighted by Crippen LogP contribution is -2.25. The molecule has 0 saturated carbocycles. The Bertz CT molecular complexity index is 642. The van der Waals surface area contributed by atoms with Crippen LogP contribution in [0.3, 0.4) is 0 Å². The topological polar surface area (TPSA) is 50.7 Å². The van der Waals surface area contributed by atoms with Crippen LogP contribution in [0.25, 0.3) is 0 Å². The number of halogens is 1. The van der Waals surface area contributed by atoms with E-state index in [-0.39, 0.29) is 12.5 Å². The maximum atomic E-state index is 11.7. The van der Waals surface area contributed by atoms with Crippen LogP contribution in [-0.2, 0) is 4.79 Å². The third-order valence-electron chi connectivity index (χ3n) is 2.70. The molecule has 0 aliphatic rings. The Morgan fingerprint density at radius 1 is 1.19 bits per heavy atom. The zero-order chi connectivity index (χ0) is 15.1. The first-order valence-electron chi connectivity index (χ1n) is 6.42. The molecule has 0 aliphatic carbocycles. The maximum absolute atomic E-state index is 11.7. The van der Waals surface area contributed by atoms with Crippen molar-refractivity contribution in [2.24, 2.45) is 5.10 Å². The van der Waals surface area contributed by atoms with Crippen molar-refractivity contribution in [3.05, 3.63) is 64.6 Å². The number of nitrogens with one attached hydrogen (secondary N) is 1. The first-order chi connectivity index (χ1) is 10.1. The minimum Gasteiger partial charge on any atom is -0.484 e. The molecule has 21 heavy (non-hydrogen) atoms. The van der Waals surface area contributed by atoms with E-state index in [0.717, 1.165) is 15.7 Å². The molecular formula is C16H15BrN2O2. The third-order valence-corrected chi connectivity index (χ3v) is 3.20. The van der Waals surface area contributed by atoms with Crippen molar-refractivity contribution in [2.75, 3.05) is 6.61 Å². The quantitative estimate of drug-likeness (QED) is 0.666. The molecule has 0 heterocycles. The monoisotopic (exact) mass is 346 g/mol. The van der Waals surface area contributed by atoms with Crippen molar-refractivity contribution >= 4 is 27.5 Å². The molecule has 5 heteroatoms. The predicted molar refractivity (Wildman–Crippen MR) is 86.4 cm³/mol. The van der Waals surface area contributed by atoms with E-state index in [1.807, 2.05) is 49.4 Å². The second-order valence-corrected chi connectivity index (χ2v) is 5.26. The van der Waals surface area contributed by atoms with Gasteiger partial charge in [0.05, 0.1) is 5.71 Å². The van der Waals surface area contributed by atoms with Crippen LogP contribution in [0.5, 0.6) is 5.75 Å². The van der Waals surface area contributed by atoms with Crippen LogP contribution in [-0.4, -0.2) is 18.2 Å². The summed E-state index contributed by atoms with van der Waals surface area (Å²) in [6.45, 7) is 1.76. The summed E-state index contributed by atoms with van der Waals surface area (Å²) in [5, 5.41) is 4.06. The number of hydrogen-bond donors (Lipinski definition) is 1. The lowest BCUT2D eigenvalue weighted by Gasteiger charge is -2.05. The Morgan fingerprint density at radius 3 is 2.67 bits per heavy atom. The highest BCUT2D eigenvalue weighted by Crippen LogP contribution is 2.12. The van der Waals surface area contributed by atoms with Gasteiger partial charge in [0, 0.05) is 4.47 Å². The van der Waals surface area contributed by atoms with Gasteiger partial charge in [-0.1, -0.05) is 46.3 Å². The van der Waals surface area contributed by atoms with Crippen molar-refractivity contribution < 1.29 is 9.53 Å². The Kier molecular flexibility index (Phi) is 5.51. The van der Waals surface area contributed by atoms with Crippen LogP contribution < -0.4 is 10.2 Å². The Morgan fingerprint density at radius 2 is 1.95 bits per heavy atom. The molecule has 0 radical (unpaired) electrons.